The first kappa shape index (κ1) is 10.2. The maximum Gasteiger partial charge on any atom is 0.412 e. The molecule has 5 nitrogen and oxygen atoms in total. The number of nitrogens with one attached hydrogen (secondary N) is 1. The predicted molar refractivity (Wildman–Crippen MR) is 51.7 cm³/mol. The minimum absolute atomic E-state index is 0.312. The highest BCUT2D eigenvalue weighted by atomic mass is 16.6. The van der Waals surface area contributed by atoms with E-state index in [1.54, 1.807) is 13.0 Å². The Morgan fingerprint density at radius 2 is 2.21 bits per heavy atom. The van der Waals surface area contributed by atoms with E-state index in [1.807, 2.05) is 0 Å². The molecule has 0 atom stereocenters. The van der Waals surface area contributed by atoms with E-state index in [0.717, 1.165) is 0 Å². The zero-order valence-corrected chi connectivity index (χ0v) is 7.90. The van der Waals surface area contributed by atoms with Crippen LogP contribution in [0.1, 0.15) is 5.56 Å². The standard InChI is InChI=1S/C9H10N2O3/c1-6-5-7(11-13)3-4-8(6)14-9(12)10-2/h3-5H,1-2H3,(H,10,12). The molecule has 1 amide bonds. The first-order valence-electron chi connectivity index (χ1n) is 4.01. The number of carbonyl (C=O) groups excluding carboxylic acids is 1. The number of aryl methyl sites for hydroxylation is 1. The van der Waals surface area contributed by atoms with E-state index >= 15 is 0 Å². The molecule has 0 aliphatic carbocycles. The number of hydrogen-bond donors (Lipinski definition) is 1. The Morgan fingerprint density at radius 3 is 2.71 bits per heavy atom. The molecule has 1 N–H and O–H groups in total. The van der Waals surface area contributed by atoms with Gasteiger partial charge in [0, 0.05) is 7.05 Å². The van der Waals surface area contributed by atoms with Crippen LogP contribution < -0.4 is 10.1 Å². The molecule has 1 aromatic rings. The average Bonchev–Trinajstić information content (AvgIpc) is 2.20. The van der Waals surface area contributed by atoms with E-state index in [9.17, 15) is 9.70 Å². The predicted octanol–water partition coefficient (Wildman–Crippen LogP) is 2.11. The molecule has 0 aromatic heterocycles. The number of ether oxygens (including phenoxy) is 1. The Bertz CT molecular complexity index is 363. The van der Waals surface area contributed by atoms with Crippen LogP contribution >= 0.6 is 0 Å². The van der Waals surface area contributed by atoms with Gasteiger partial charge in [-0.15, -0.1) is 4.91 Å². The summed E-state index contributed by atoms with van der Waals surface area (Å²) in [5.74, 6) is 0.414. The van der Waals surface area contributed by atoms with Crippen LogP contribution in [0.3, 0.4) is 0 Å². The summed E-state index contributed by atoms with van der Waals surface area (Å²) in [6.45, 7) is 1.73. The van der Waals surface area contributed by atoms with Crippen LogP contribution in [-0.2, 0) is 0 Å². The van der Waals surface area contributed by atoms with E-state index in [2.05, 4.69) is 10.5 Å². The maximum atomic E-state index is 10.9. The summed E-state index contributed by atoms with van der Waals surface area (Å²) in [6.07, 6.45) is -0.542. The maximum absolute atomic E-state index is 10.9. The normalized spacial score (nSPS) is 9.29. The van der Waals surface area contributed by atoms with Gasteiger partial charge in [0.2, 0.25) is 0 Å². The molecular weight excluding hydrogens is 184 g/mol. The molecule has 0 bridgehead atoms. The topological polar surface area (TPSA) is 67.8 Å². The summed E-state index contributed by atoms with van der Waals surface area (Å²) in [5.41, 5.74) is 0.998. The molecular formula is C9H10N2O3. The van der Waals surface area contributed by atoms with Crippen LogP contribution in [0.2, 0.25) is 0 Å². The smallest absolute Gasteiger partial charge is 0.410 e. The van der Waals surface area contributed by atoms with Crippen LogP contribution in [-0.4, -0.2) is 13.1 Å². The number of nitrogens with zero attached hydrogens (tertiary/aromatic N) is 1. The van der Waals surface area contributed by atoms with Gasteiger partial charge >= 0.3 is 6.09 Å². The molecule has 0 heterocycles. The van der Waals surface area contributed by atoms with E-state index in [4.69, 9.17) is 4.74 Å². The van der Waals surface area contributed by atoms with Crippen molar-refractivity contribution in [3.05, 3.63) is 28.7 Å². The number of amides is 1. The van der Waals surface area contributed by atoms with Crippen LogP contribution in [0.25, 0.3) is 0 Å². The van der Waals surface area contributed by atoms with Crippen LogP contribution in [0, 0.1) is 11.8 Å². The van der Waals surface area contributed by atoms with E-state index < -0.39 is 6.09 Å². The van der Waals surface area contributed by atoms with Gasteiger partial charge in [-0.25, -0.2) is 4.79 Å². The lowest BCUT2D eigenvalue weighted by Gasteiger charge is -2.05. The van der Waals surface area contributed by atoms with Crippen molar-refractivity contribution in [1.82, 2.24) is 5.32 Å². The fourth-order valence-corrected chi connectivity index (χ4v) is 0.956. The van der Waals surface area contributed by atoms with E-state index in [-0.39, 0.29) is 0 Å². The van der Waals surface area contributed by atoms with Crippen molar-refractivity contribution >= 4 is 11.8 Å². The van der Waals surface area contributed by atoms with Crippen LogP contribution in [0.15, 0.2) is 23.4 Å². The van der Waals surface area contributed by atoms with Crippen LogP contribution in [0.5, 0.6) is 5.75 Å². The summed E-state index contributed by atoms with van der Waals surface area (Å²) >= 11 is 0. The Morgan fingerprint density at radius 1 is 1.50 bits per heavy atom. The third-order valence-electron chi connectivity index (χ3n) is 1.67. The molecule has 0 spiro atoms. The second-order valence-corrected chi connectivity index (χ2v) is 2.68. The van der Waals surface area contributed by atoms with Gasteiger partial charge in [0.25, 0.3) is 0 Å². The van der Waals surface area contributed by atoms with Gasteiger partial charge in [-0.1, -0.05) is 0 Å². The average molecular weight is 194 g/mol. The van der Waals surface area contributed by atoms with Crippen molar-refractivity contribution in [2.75, 3.05) is 7.05 Å². The molecule has 0 saturated carbocycles. The Hall–Kier alpha value is -1.91. The van der Waals surface area contributed by atoms with E-state index in [1.165, 1.54) is 19.2 Å². The summed E-state index contributed by atoms with van der Waals surface area (Å²) in [7, 11) is 1.47. The minimum Gasteiger partial charge on any atom is -0.410 e. The van der Waals surface area contributed by atoms with Gasteiger partial charge < -0.3 is 10.1 Å². The van der Waals surface area contributed by atoms with Crippen LogP contribution in [0.4, 0.5) is 10.5 Å². The van der Waals surface area contributed by atoms with Gasteiger partial charge in [-0.2, -0.15) is 0 Å². The fourth-order valence-electron chi connectivity index (χ4n) is 0.956. The van der Waals surface area contributed by atoms with Crippen molar-refractivity contribution in [2.45, 2.75) is 6.92 Å². The molecule has 0 saturated heterocycles. The Kier molecular flexibility index (Phi) is 3.17. The molecule has 1 rings (SSSR count). The molecule has 0 radical (unpaired) electrons. The number of hydrogen-bond acceptors (Lipinski definition) is 4. The third kappa shape index (κ3) is 2.29. The van der Waals surface area contributed by atoms with Gasteiger partial charge in [0.15, 0.2) is 0 Å². The quantitative estimate of drug-likeness (QED) is 0.733. The Balaban J connectivity index is 2.89. The van der Waals surface area contributed by atoms with Crippen molar-refractivity contribution in [3.8, 4) is 5.75 Å². The minimum atomic E-state index is -0.542. The lowest BCUT2D eigenvalue weighted by molar-refractivity contribution is 0.202. The highest BCUT2D eigenvalue weighted by molar-refractivity contribution is 5.70. The van der Waals surface area contributed by atoms with Crippen molar-refractivity contribution in [3.63, 3.8) is 0 Å². The van der Waals surface area contributed by atoms with Gasteiger partial charge in [0.1, 0.15) is 11.4 Å². The number of benzene rings is 1. The molecule has 0 unspecified atom stereocenters. The summed E-state index contributed by atoms with van der Waals surface area (Å²) in [4.78, 5) is 21.0. The SMILES string of the molecule is CNC(=O)Oc1ccc(N=O)cc1C. The molecule has 0 aliphatic heterocycles. The molecule has 74 valence electrons. The second-order valence-electron chi connectivity index (χ2n) is 2.68. The molecule has 5 heteroatoms. The van der Waals surface area contributed by atoms with E-state index in [0.29, 0.717) is 17.0 Å². The third-order valence-corrected chi connectivity index (χ3v) is 1.67. The fraction of sp³-hybridized carbons (Fsp3) is 0.222. The summed E-state index contributed by atoms with van der Waals surface area (Å²) in [5, 5.41) is 5.09. The first-order chi connectivity index (χ1) is 6.67. The molecule has 0 fully saturated rings. The van der Waals surface area contributed by atoms with Crippen molar-refractivity contribution in [2.24, 2.45) is 5.18 Å². The zero-order chi connectivity index (χ0) is 10.6. The van der Waals surface area contributed by atoms with Gasteiger partial charge in [0.05, 0.1) is 0 Å². The highest BCUT2D eigenvalue weighted by Crippen LogP contribution is 2.23. The van der Waals surface area contributed by atoms with Gasteiger partial charge in [-0.05, 0) is 35.9 Å². The summed E-state index contributed by atoms with van der Waals surface area (Å²) < 4.78 is 4.90. The molecule has 14 heavy (non-hydrogen) atoms. The lowest BCUT2D eigenvalue weighted by atomic mass is 10.2. The first-order valence-corrected chi connectivity index (χ1v) is 4.01. The molecule has 0 aliphatic rings. The number of rotatable bonds is 2. The lowest BCUT2D eigenvalue weighted by Crippen LogP contribution is -2.22. The molecule has 1 aromatic carbocycles. The summed E-state index contributed by atoms with van der Waals surface area (Å²) in [6, 6.07) is 4.56. The monoisotopic (exact) mass is 194 g/mol. The highest BCUT2D eigenvalue weighted by Gasteiger charge is 2.05. The van der Waals surface area contributed by atoms with Crippen molar-refractivity contribution in [1.29, 1.82) is 0 Å². The van der Waals surface area contributed by atoms with Gasteiger partial charge in [-0.3, -0.25) is 0 Å². The Labute approximate surface area is 81.0 Å². The number of carbonyl (C=O) groups is 1. The zero-order valence-electron chi connectivity index (χ0n) is 7.90. The largest absolute Gasteiger partial charge is 0.412 e. The second kappa shape index (κ2) is 4.36. The number of nitroso groups, excluding NO2 is 1. The van der Waals surface area contributed by atoms with Crippen molar-refractivity contribution < 1.29 is 9.53 Å².